The Morgan fingerprint density at radius 1 is 1.62 bits per heavy atom. The maximum absolute atomic E-state index is 12.1. The van der Waals surface area contributed by atoms with Crippen LogP contribution < -0.4 is 0 Å². The lowest BCUT2D eigenvalue weighted by atomic mass is 10.2. The Bertz CT molecular complexity index is 637. The lowest BCUT2D eigenvalue weighted by molar-refractivity contribution is -0.389. The van der Waals surface area contributed by atoms with Crippen molar-refractivity contribution in [2.75, 3.05) is 19.7 Å². The van der Waals surface area contributed by atoms with Crippen LogP contribution in [0.5, 0.6) is 0 Å². The summed E-state index contributed by atoms with van der Waals surface area (Å²) in [5, 5.41) is 15.8. The van der Waals surface area contributed by atoms with E-state index in [1.54, 1.807) is 11.0 Å². The molecule has 1 aromatic heterocycles. The fraction of sp³-hybridized carbons (Fsp3) is 0.333. The molecule has 0 radical (unpaired) electrons. The van der Waals surface area contributed by atoms with E-state index >= 15 is 0 Å². The van der Waals surface area contributed by atoms with Crippen molar-refractivity contribution in [2.45, 2.75) is 6.04 Å². The Morgan fingerprint density at radius 3 is 3.10 bits per heavy atom. The molecule has 1 fully saturated rings. The number of urea groups is 1. The van der Waals surface area contributed by atoms with E-state index in [0.29, 0.717) is 18.8 Å². The fourth-order valence-electron chi connectivity index (χ4n) is 2.39. The van der Waals surface area contributed by atoms with Gasteiger partial charge in [0.2, 0.25) is 0 Å². The van der Waals surface area contributed by atoms with Gasteiger partial charge in [-0.1, -0.05) is 6.08 Å². The van der Waals surface area contributed by atoms with Gasteiger partial charge in [-0.15, -0.1) is 6.58 Å². The van der Waals surface area contributed by atoms with Crippen LogP contribution in [0.1, 0.15) is 0 Å². The van der Waals surface area contributed by atoms with Gasteiger partial charge in [0, 0.05) is 6.54 Å². The predicted octanol–water partition coefficient (Wildman–Crippen LogP) is 0.870. The Balaban J connectivity index is 1.84. The molecule has 9 heteroatoms. The van der Waals surface area contributed by atoms with E-state index in [-0.39, 0.29) is 24.5 Å². The molecule has 21 heavy (non-hydrogen) atoms. The Labute approximate surface area is 119 Å². The van der Waals surface area contributed by atoms with Gasteiger partial charge in [-0.3, -0.25) is 4.84 Å². The molecule has 0 aliphatic carbocycles. The highest BCUT2D eigenvalue weighted by Crippen LogP contribution is 2.26. The molecule has 1 atom stereocenters. The number of rotatable bonds is 5. The normalized spacial score (nSPS) is 20.7. The van der Waals surface area contributed by atoms with Gasteiger partial charge < -0.3 is 15.0 Å². The zero-order valence-electron chi connectivity index (χ0n) is 11.1. The van der Waals surface area contributed by atoms with Crippen molar-refractivity contribution in [3.63, 3.8) is 0 Å². The Morgan fingerprint density at radius 2 is 2.43 bits per heavy atom. The zero-order valence-corrected chi connectivity index (χ0v) is 11.1. The van der Waals surface area contributed by atoms with Crippen molar-refractivity contribution >= 4 is 17.5 Å². The minimum absolute atomic E-state index is 0.227. The fourth-order valence-corrected chi connectivity index (χ4v) is 2.39. The monoisotopic (exact) mass is 291 g/mol. The quantitative estimate of drug-likeness (QED) is 0.456. The topological polar surface area (TPSA) is 93.7 Å². The van der Waals surface area contributed by atoms with Crippen molar-refractivity contribution in [3.05, 3.63) is 41.1 Å². The molecule has 110 valence electrons. The summed E-state index contributed by atoms with van der Waals surface area (Å²) < 4.78 is 1.42. The molecule has 0 saturated carbocycles. The standard InChI is InChI=1S/C12H13N5O4/c1-2-5-21-16-10-6-9(7-14(8-10)12(16)18)15-4-3-11(13-15)17(19)20/h2-4,6,10H,1,5,7-8H2. The van der Waals surface area contributed by atoms with Crippen LogP contribution in [-0.4, -0.2) is 56.4 Å². The van der Waals surface area contributed by atoms with E-state index in [0.717, 1.165) is 0 Å². The van der Waals surface area contributed by atoms with Crippen LogP contribution in [0.4, 0.5) is 10.6 Å². The summed E-state index contributed by atoms with van der Waals surface area (Å²) in [6.45, 7) is 4.65. The second kappa shape index (κ2) is 5.02. The molecule has 2 bridgehead atoms. The summed E-state index contributed by atoms with van der Waals surface area (Å²) in [5.74, 6) is -0.227. The largest absolute Gasteiger partial charge is 0.390 e. The van der Waals surface area contributed by atoms with E-state index in [4.69, 9.17) is 4.84 Å². The number of hydroxylamine groups is 2. The molecule has 9 nitrogen and oxygen atoms in total. The van der Waals surface area contributed by atoms with Crippen LogP contribution in [0, 0.1) is 10.1 Å². The van der Waals surface area contributed by atoms with E-state index < -0.39 is 4.92 Å². The molecular weight excluding hydrogens is 278 g/mol. The van der Waals surface area contributed by atoms with Crippen LogP contribution >= 0.6 is 0 Å². The van der Waals surface area contributed by atoms with E-state index in [2.05, 4.69) is 11.7 Å². The van der Waals surface area contributed by atoms with Gasteiger partial charge in [0.25, 0.3) is 0 Å². The molecule has 1 unspecified atom stereocenters. The highest BCUT2D eigenvalue weighted by Gasteiger charge is 2.41. The average Bonchev–Trinajstić information content (AvgIpc) is 3.03. The third-order valence-electron chi connectivity index (χ3n) is 3.29. The predicted molar refractivity (Wildman–Crippen MR) is 71.9 cm³/mol. The van der Waals surface area contributed by atoms with E-state index in [9.17, 15) is 14.9 Å². The van der Waals surface area contributed by atoms with E-state index in [1.165, 1.54) is 22.0 Å². The van der Waals surface area contributed by atoms with Gasteiger partial charge in [0.05, 0.1) is 42.3 Å². The number of fused-ring (bicyclic) bond motifs is 2. The zero-order chi connectivity index (χ0) is 15.0. The highest BCUT2D eigenvalue weighted by molar-refractivity contribution is 5.80. The van der Waals surface area contributed by atoms with Crippen molar-refractivity contribution in [2.24, 2.45) is 0 Å². The average molecular weight is 291 g/mol. The molecule has 0 aromatic carbocycles. The van der Waals surface area contributed by atoms with E-state index in [1.807, 2.05) is 6.08 Å². The third kappa shape index (κ3) is 2.27. The van der Waals surface area contributed by atoms with Gasteiger partial charge >= 0.3 is 11.8 Å². The second-order valence-corrected chi connectivity index (χ2v) is 4.67. The molecule has 1 aromatic rings. The smallest absolute Gasteiger partial charge is 0.358 e. The van der Waals surface area contributed by atoms with Gasteiger partial charge in [0.1, 0.15) is 0 Å². The molecule has 0 spiro atoms. The number of nitrogens with zero attached hydrogens (tertiary/aromatic N) is 5. The summed E-state index contributed by atoms with van der Waals surface area (Å²) in [6, 6.07) is 0.861. The summed E-state index contributed by atoms with van der Waals surface area (Å²) >= 11 is 0. The van der Waals surface area contributed by atoms with Crippen molar-refractivity contribution in [3.8, 4) is 0 Å². The maximum atomic E-state index is 12.1. The van der Waals surface area contributed by atoms with Crippen LogP contribution in [0.2, 0.25) is 0 Å². The lowest BCUT2D eigenvalue weighted by Gasteiger charge is -2.19. The number of aromatic nitrogens is 2. The summed E-state index contributed by atoms with van der Waals surface area (Å²) in [4.78, 5) is 29.2. The number of carbonyl (C=O) groups is 1. The number of hydrogen-bond acceptors (Lipinski definition) is 5. The van der Waals surface area contributed by atoms with Gasteiger partial charge in [0.15, 0.2) is 0 Å². The Hall–Kier alpha value is -2.68. The SMILES string of the molecule is C=CCON1C(=O)N2CC(n3ccc([N+](=O)[O-])n3)=CC1C2. The first-order chi connectivity index (χ1) is 10.1. The minimum Gasteiger partial charge on any atom is -0.358 e. The third-order valence-corrected chi connectivity index (χ3v) is 3.29. The molecule has 2 amide bonds. The number of carbonyl (C=O) groups excluding carboxylic acids is 1. The van der Waals surface area contributed by atoms with Gasteiger partial charge in [-0.05, 0) is 11.0 Å². The van der Waals surface area contributed by atoms with Crippen molar-refractivity contribution < 1.29 is 14.6 Å². The molecule has 2 aliphatic rings. The first-order valence-corrected chi connectivity index (χ1v) is 6.33. The summed E-state index contributed by atoms with van der Waals surface area (Å²) in [6.07, 6.45) is 4.91. The van der Waals surface area contributed by atoms with Crippen LogP contribution in [0.15, 0.2) is 31.0 Å². The molecule has 2 aliphatic heterocycles. The number of nitro groups is 1. The van der Waals surface area contributed by atoms with Gasteiger partial charge in [-0.25, -0.2) is 4.79 Å². The molecule has 3 heterocycles. The Kier molecular flexibility index (Phi) is 3.18. The maximum Gasteiger partial charge on any atom is 0.390 e. The number of amides is 2. The second-order valence-electron chi connectivity index (χ2n) is 4.67. The highest BCUT2D eigenvalue weighted by atomic mass is 16.7. The van der Waals surface area contributed by atoms with Gasteiger partial charge in [-0.2, -0.15) is 9.75 Å². The summed E-state index contributed by atoms with van der Waals surface area (Å²) in [7, 11) is 0. The van der Waals surface area contributed by atoms with Crippen LogP contribution in [0.25, 0.3) is 5.70 Å². The summed E-state index contributed by atoms with van der Waals surface area (Å²) in [5.41, 5.74) is 0.706. The van der Waals surface area contributed by atoms with Crippen molar-refractivity contribution in [1.82, 2.24) is 19.7 Å². The molecule has 3 rings (SSSR count). The molecule has 0 N–H and O–H groups in total. The molecule has 1 saturated heterocycles. The van der Waals surface area contributed by atoms with Crippen LogP contribution in [0.3, 0.4) is 0 Å². The number of hydrogen-bond donors (Lipinski definition) is 0. The first-order valence-electron chi connectivity index (χ1n) is 6.33. The molecular formula is C12H13N5O4. The minimum atomic E-state index is -0.556. The lowest BCUT2D eigenvalue weighted by Crippen LogP contribution is -2.33. The first kappa shape index (κ1) is 13.3. The van der Waals surface area contributed by atoms with Crippen LogP contribution in [-0.2, 0) is 4.84 Å². The van der Waals surface area contributed by atoms with Crippen molar-refractivity contribution in [1.29, 1.82) is 0 Å².